The Balaban J connectivity index is 1.29. The first-order valence-corrected chi connectivity index (χ1v) is 10.5. The zero-order chi connectivity index (χ0) is 22.9. The minimum absolute atomic E-state index is 0.320. The smallest absolute Gasteiger partial charge is 0.289 e. The van der Waals surface area contributed by atoms with Crippen molar-refractivity contribution in [1.29, 1.82) is 0 Å². The number of carbonyl (C=O) groups excluding carboxylic acids is 1. The van der Waals surface area contributed by atoms with Crippen molar-refractivity contribution in [2.24, 2.45) is 5.10 Å². The van der Waals surface area contributed by atoms with E-state index in [2.05, 4.69) is 32.9 Å². The third-order valence-corrected chi connectivity index (χ3v) is 4.97. The Morgan fingerprint density at radius 3 is 2.45 bits per heavy atom. The maximum Gasteiger partial charge on any atom is 0.289 e. The summed E-state index contributed by atoms with van der Waals surface area (Å²) in [7, 11) is 1.61. The number of hydrogen-bond donors (Lipinski definition) is 2. The summed E-state index contributed by atoms with van der Waals surface area (Å²) in [5, 5.41) is 11.0. The lowest BCUT2D eigenvalue weighted by Gasteiger charge is -2.06. The normalized spacial score (nSPS) is 10.8. The second-order valence-electron chi connectivity index (χ2n) is 7.25. The van der Waals surface area contributed by atoms with Crippen LogP contribution in [0.1, 0.15) is 21.6 Å². The number of ether oxygens (including phenoxy) is 2. The van der Waals surface area contributed by atoms with Gasteiger partial charge in [0.25, 0.3) is 5.91 Å². The molecule has 0 fully saturated rings. The lowest BCUT2D eigenvalue weighted by atomic mass is 10.1. The van der Waals surface area contributed by atoms with E-state index in [0.717, 1.165) is 29.0 Å². The minimum Gasteiger partial charge on any atom is -0.497 e. The molecule has 0 aliphatic rings. The Bertz CT molecular complexity index is 1200. The fourth-order valence-electron chi connectivity index (χ4n) is 3.15. The first-order valence-electron chi connectivity index (χ1n) is 10.5. The van der Waals surface area contributed by atoms with E-state index in [4.69, 9.17) is 9.47 Å². The number of hydrogen-bond acceptors (Lipinski definition) is 5. The predicted molar refractivity (Wildman–Crippen MR) is 128 cm³/mol. The standard InChI is InChI=1S/C26H24N4O3/c1-32-22-11-7-20(8-12-22)18-27-30-26(31)25-17-24(28-29-25)21-9-13-23(14-10-21)33-16-15-19-5-3-2-4-6-19/h2-14,17-18H,15-16H2,1H3,(H,28,29)(H,30,31)/b27-18+. The highest BCUT2D eigenvalue weighted by Gasteiger charge is 2.10. The molecule has 0 radical (unpaired) electrons. The molecule has 0 saturated carbocycles. The van der Waals surface area contributed by atoms with Gasteiger partial charge in [0.2, 0.25) is 0 Å². The molecule has 0 atom stereocenters. The van der Waals surface area contributed by atoms with Crippen LogP contribution < -0.4 is 14.9 Å². The van der Waals surface area contributed by atoms with Crippen molar-refractivity contribution in [3.8, 4) is 22.8 Å². The topological polar surface area (TPSA) is 88.6 Å². The van der Waals surface area contributed by atoms with Crippen molar-refractivity contribution >= 4 is 12.1 Å². The largest absolute Gasteiger partial charge is 0.497 e. The molecule has 4 aromatic rings. The Labute approximate surface area is 192 Å². The lowest BCUT2D eigenvalue weighted by molar-refractivity contribution is 0.0950. The second-order valence-corrected chi connectivity index (χ2v) is 7.25. The maximum absolute atomic E-state index is 12.3. The van der Waals surface area contributed by atoms with E-state index in [9.17, 15) is 4.79 Å². The van der Waals surface area contributed by atoms with Gasteiger partial charge in [0.05, 0.1) is 25.6 Å². The van der Waals surface area contributed by atoms with E-state index in [-0.39, 0.29) is 5.91 Å². The third-order valence-electron chi connectivity index (χ3n) is 4.97. The first kappa shape index (κ1) is 21.8. The Morgan fingerprint density at radius 1 is 1.00 bits per heavy atom. The predicted octanol–water partition coefficient (Wildman–Crippen LogP) is 4.47. The van der Waals surface area contributed by atoms with Gasteiger partial charge in [-0.3, -0.25) is 9.89 Å². The zero-order valence-corrected chi connectivity index (χ0v) is 18.2. The molecule has 0 bridgehead atoms. The van der Waals surface area contributed by atoms with Gasteiger partial charge >= 0.3 is 0 Å². The SMILES string of the molecule is COc1ccc(/C=N/NC(=O)c2cc(-c3ccc(OCCc4ccccc4)cc3)n[nH]2)cc1. The quantitative estimate of drug-likeness (QED) is 0.297. The van der Waals surface area contributed by atoms with Crippen molar-refractivity contribution < 1.29 is 14.3 Å². The van der Waals surface area contributed by atoms with Crippen LogP contribution in [0.2, 0.25) is 0 Å². The zero-order valence-electron chi connectivity index (χ0n) is 18.2. The molecule has 7 nitrogen and oxygen atoms in total. The Morgan fingerprint density at radius 2 is 1.73 bits per heavy atom. The number of H-pyrrole nitrogens is 1. The number of carbonyl (C=O) groups is 1. The van der Waals surface area contributed by atoms with Gasteiger partial charge < -0.3 is 9.47 Å². The van der Waals surface area contributed by atoms with Crippen molar-refractivity contribution in [1.82, 2.24) is 15.6 Å². The summed E-state index contributed by atoms with van der Waals surface area (Å²) in [6.45, 7) is 0.604. The second kappa shape index (κ2) is 10.8. The van der Waals surface area contributed by atoms with Crippen LogP contribution in [0.3, 0.4) is 0 Å². The van der Waals surface area contributed by atoms with Crippen molar-refractivity contribution in [3.05, 3.63) is 102 Å². The van der Waals surface area contributed by atoms with Crippen LogP contribution in [0, 0.1) is 0 Å². The molecule has 0 aliphatic heterocycles. The number of methoxy groups -OCH3 is 1. The molecule has 1 amide bonds. The van der Waals surface area contributed by atoms with E-state index in [1.165, 1.54) is 5.56 Å². The van der Waals surface area contributed by atoms with Crippen LogP contribution in [0.5, 0.6) is 11.5 Å². The third kappa shape index (κ3) is 6.07. The van der Waals surface area contributed by atoms with Gasteiger partial charge in [-0.05, 0) is 65.7 Å². The lowest BCUT2D eigenvalue weighted by Crippen LogP contribution is -2.17. The fourth-order valence-corrected chi connectivity index (χ4v) is 3.15. The van der Waals surface area contributed by atoms with Crippen LogP contribution in [0.4, 0.5) is 0 Å². The molecule has 0 spiro atoms. The molecule has 33 heavy (non-hydrogen) atoms. The molecule has 0 unspecified atom stereocenters. The molecule has 2 N–H and O–H groups in total. The van der Waals surface area contributed by atoms with E-state index in [1.807, 2.05) is 66.7 Å². The van der Waals surface area contributed by atoms with Gasteiger partial charge in [-0.2, -0.15) is 10.2 Å². The van der Waals surface area contributed by atoms with Gasteiger partial charge in [-0.15, -0.1) is 0 Å². The number of aromatic amines is 1. The molecule has 166 valence electrons. The van der Waals surface area contributed by atoms with Gasteiger partial charge in [0.1, 0.15) is 17.2 Å². The number of nitrogens with zero attached hydrogens (tertiary/aromatic N) is 2. The molecule has 7 heteroatoms. The van der Waals surface area contributed by atoms with Gasteiger partial charge in [-0.1, -0.05) is 30.3 Å². The number of benzene rings is 3. The van der Waals surface area contributed by atoms with Gasteiger partial charge in [0.15, 0.2) is 0 Å². The Kier molecular flexibility index (Phi) is 7.12. The van der Waals surface area contributed by atoms with Gasteiger partial charge in [-0.25, -0.2) is 5.43 Å². The molecular weight excluding hydrogens is 416 g/mol. The molecule has 0 saturated heterocycles. The highest BCUT2D eigenvalue weighted by molar-refractivity contribution is 5.94. The summed E-state index contributed by atoms with van der Waals surface area (Å²) in [6.07, 6.45) is 2.41. The van der Waals surface area contributed by atoms with Crippen molar-refractivity contribution in [2.75, 3.05) is 13.7 Å². The number of amides is 1. The summed E-state index contributed by atoms with van der Waals surface area (Å²) in [4.78, 5) is 12.3. The van der Waals surface area contributed by atoms with E-state index >= 15 is 0 Å². The summed E-state index contributed by atoms with van der Waals surface area (Å²) in [5.41, 5.74) is 6.43. The van der Waals surface area contributed by atoms with Crippen molar-refractivity contribution in [2.45, 2.75) is 6.42 Å². The van der Waals surface area contributed by atoms with Crippen LogP contribution in [-0.2, 0) is 6.42 Å². The Hall–Kier alpha value is -4.39. The molecule has 1 heterocycles. The van der Waals surface area contributed by atoms with Gasteiger partial charge in [0, 0.05) is 12.0 Å². The fraction of sp³-hybridized carbons (Fsp3) is 0.115. The van der Waals surface area contributed by atoms with Crippen molar-refractivity contribution in [3.63, 3.8) is 0 Å². The molecule has 4 rings (SSSR count). The monoisotopic (exact) mass is 440 g/mol. The van der Waals surface area contributed by atoms with Crippen LogP contribution in [-0.4, -0.2) is 36.0 Å². The van der Waals surface area contributed by atoms with E-state index < -0.39 is 0 Å². The number of aromatic nitrogens is 2. The molecule has 3 aromatic carbocycles. The number of rotatable bonds is 9. The molecule has 1 aromatic heterocycles. The van der Waals surface area contributed by atoms with Crippen LogP contribution >= 0.6 is 0 Å². The highest BCUT2D eigenvalue weighted by atomic mass is 16.5. The van der Waals surface area contributed by atoms with E-state index in [1.54, 1.807) is 19.4 Å². The van der Waals surface area contributed by atoms with Crippen LogP contribution in [0.15, 0.2) is 90.0 Å². The first-order chi connectivity index (χ1) is 16.2. The van der Waals surface area contributed by atoms with E-state index in [0.29, 0.717) is 18.0 Å². The summed E-state index contributed by atoms with van der Waals surface area (Å²) >= 11 is 0. The van der Waals surface area contributed by atoms with Crippen LogP contribution in [0.25, 0.3) is 11.3 Å². The maximum atomic E-state index is 12.3. The summed E-state index contributed by atoms with van der Waals surface area (Å²) < 4.78 is 10.9. The highest BCUT2D eigenvalue weighted by Crippen LogP contribution is 2.21. The minimum atomic E-state index is -0.376. The molecule has 0 aliphatic carbocycles. The average Bonchev–Trinajstić information content (AvgIpc) is 3.36. The summed E-state index contributed by atoms with van der Waals surface area (Å²) in [5.74, 6) is 1.17. The summed E-state index contributed by atoms with van der Waals surface area (Å²) in [6, 6.07) is 26.9. The molecular formula is C26H24N4O3. The average molecular weight is 441 g/mol. The number of nitrogens with one attached hydrogen (secondary N) is 2. The number of hydrazone groups is 1.